The van der Waals surface area contributed by atoms with Crippen LogP contribution in [0.25, 0.3) is 16.9 Å². The number of fused-ring (bicyclic) bond motifs is 1. The van der Waals surface area contributed by atoms with Crippen molar-refractivity contribution in [2.45, 2.75) is 6.54 Å². The van der Waals surface area contributed by atoms with Gasteiger partial charge >= 0.3 is 0 Å². The normalized spacial score (nSPS) is 11.3. The molecule has 2 aromatic heterocycles. The minimum Gasteiger partial charge on any atom is -0.497 e. The van der Waals surface area contributed by atoms with E-state index in [4.69, 9.17) is 15.5 Å². The standard InChI is InChI=1S/C17H20N4O/c1-20(2)11-15-17(12-4-7-14(22-3)8-5-12)19-16-9-6-13(18)10-21(15)16/h4-10H,11,18H2,1-3H3. The molecule has 3 aromatic rings. The molecule has 0 saturated carbocycles. The fraction of sp³-hybridized carbons (Fsp3) is 0.235. The van der Waals surface area contributed by atoms with Gasteiger partial charge in [0.25, 0.3) is 0 Å². The Balaban J connectivity index is 2.18. The number of imidazole rings is 1. The van der Waals surface area contributed by atoms with E-state index in [9.17, 15) is 0 Å². The van der Waals surface area contributed by atoms with Crippen LogP contribution >= 0.6 is 0 Å². The highest BCUT2D eigenvalue weighted by Crippen LogP contribution is 2.27. The van der Waals surface area contributed by atoms with Gasteiger partial charge in [0.1, 0.15) is 11.4 Å². The second-order valence-corrected chi connectivity index (χ2v) is 5.56. The summed E-state index contributed by atoms with van der Waals surface area (Å²) in [6.07, 6.45) is 1.92. The van der Waals surface area contributed by atoms with Gasteiger partial charge in [0.2, 0.25) is 0 Å². The number of benzene rings is 1. The van der Waals surface area contributed by atoms with Crippen molar-refractivity contribution in [3.63, 3.8) is 0 Å². The third-order valence-corrected chi connectivity index (χ3v) is 3.57. The first kappa shape index (κ1) is 14.4. The van der Waals surface area contributed by atoms with E-state index in [2.05, 4.69) is 9.30 Å². The number of anilines is 1. The Hall–Kier alpha value is -2.53. The van der Waals surface area contributed by atoms with Gasteiger partial charge in [-0.25, -0.2) is 4.98 Å². The summed E-state index contributed by atoms with van der Waals surface area (Å²) in [6.45, 7) is 0.784. The van der Waals surface area contributed by atoms with Crippen LogP contribution in [0, 0.1) is 0 Å². The van der Waals surface area contributed by atoms with Crippen LogP contribution < -0.4 is 10.5 Å². The molecule has 2 N–H and O–H groups in total. The fourth-order valence-corrected chi connectivity index (χ4v) is 2.54. The summed E-state index contributed by atoms with van der Waals surface area (Å²) in [7, 11) is 5.76. The molecule has 2 heterocycles. The van der Waals surface area contributed by atoms with Gasteiger partial charge in [-0.3, -0.25) is 0 Å². The molecule has 5 heteroatoms. The quantitative estimate of drug-likeness (QED) is 0.804. The van der Waals surface area contributed by atoms with E-state index in [0.717, 1.165) is 40.6 Å². The van der Waals surface area contributed by atoms with Crippen LogP contribution in [0.2, 0.25) is 0 Å². The number of hydrogen-bond donors (Lipinski definition) is 1. The van der Waals surface area contributed by atoms with E-state index in [1.165, 1.54) is 0 Å². The second kappa shape index (κ2) is 5.69. The summed E-state index contributed by atoms with van der Waals surface area (Å²) >= 11 is 0. The first-order chi connectivity index (χ1) is 10.6. The van der Waals surface area contributed by atoms with Crippen LogP contribution in [-0.2, 0) is 6.54 Å². The van der Waals surface area contributed by atoms with Crippen LogP contribution in [0.3, 0.4) is 0 Å². The molecule has 0 aliphatic heterocycles. The van der Waals surface area contributed by atoms with Crippen LogP contribution in [0.15, 0.2) is 42.6 Å². The Labute approximate surface area is 129 Å². The zero-order valence-corrected chi connectivity index (χ0v) is 13.1. The van der Waals surface area contributed by atoms with Crippen LogP contribution in [-0.4, -0.2) is 35.5 Å². The molecular weight excluding hydrogens is 276 g/mol. The molecule has 0 bridgehead atoms. The van der Waals surface area contributed by atoms with Crippen molar-refractivity contribution in [2.75, 3.05) is 26.9 Å². The molecule has 0 spiro atoms. The average Bonchev–Trinajstić information content (AvgIpc) is 2.85. The molecule has 3 rings (SSSR count). The molecule has 5 nitrogen and oxygen atoms in total. The van der Waals surface area contributed by atoms with Gasteiger partial charge in [-0.05, 0) is 50.5 Å². The van der Waals surface area contributed by atoms with Crippen molar-refractivity contribution >= 4 is 11.3 Å². The first-order valence-electron chi connectivity index (χ1n) is 7.14. The van der Waals surface area contributed by atoms with Gasteiger partial charge < -0.3 is 19.8 Å². The lowest BCUT2D eigenvalue weighted by atomic mass is 10.1. The summed E-state index contributed by atoms with van der Waals surface area (Å²) in [4.78, 5) is 6.90. The Morgan fingerprint density at radius 3 is 2.50 bits per heavy atom. The van der Waals surface area contributed by atoms with E-state index < -0.39 is 0 Å². The van der Waals surface area contributed by atoms with E-state index in [1.807, 2.05) is 56.7 Å². The summed E-state index contributed by atoms with van der Waals surface area (Å²) in [6, 6.07) is 11.8. The summed E-state index contributed by atoms with van der Waals surface area (Å²) in [5.74, 6) is 0.839. The molecular formula is C17H20N4O. The molecule has 0 radical (unpaired) electrons. The lowest BCUT2D eigenvalue weighted by molar-refractivity contribution is 0.396. The SMILES string of the molecule is COc1ccc(-c2nc3ccc(N)cn3c2CN(C)C)cc1. The highest BCUT2D eigenvalue weighted by atomic mass is 16.5. The number of aromatic nitrogens is 2. The van der Waals surface area contributed by atoms with Crippen molar-refractivity contribution < 1.29 is 4.74 Å². The third-order valence-electron chi connectivity index (χ3n) is 3.57. The maximum Gasteiger partial charge on any atom is 0.137 e. The molecule has 1 aromatic carbocycles. The smallest absolute Gasteiger partial charge is 0.137 e. The van der Waals surface area contributed by atoms with Crippen LogP contribution in [0.1, 0.15) is 5.69 Å². The van der Waals surface area contributed by atoms with Gasteiger partial charge in [0.05, 0.1) is 18.5 Å². The highest BCUT2D eigenvalue weighted by molar-refractivity contribution is 5.68. The van der Waals surface area contributed by atoms with Crippen molar-refractivity contribution in [3.05, 3.63) is 48.3 Å². The predicted molar refractivity (Wildman–Crippen MR) is 89.0 cm³/mol. The summed E-state index contributed by atoms with van der Waals surface area (Å²) in [5, 5.41) is 0. The molecule has 0 aliphatic rings. The number of nitrogens with zero attached hydrogens (tertiary/aromatic N) is 3. The Kier molecular flexibility index (Phi) is 3.73. The second-order valence-electron chi connectivity index (χ2n) is 5.56. The number of hydrogen-bond acceptors (Lipinski definition) is 4. The number of nitrogen functional groups attached to an aromatic ring is 1. The van der Waals surface area contributed by atoms with Crippen molar-refractivity contribution in [1.82, 2.24) is 14.3 Å². The third kappa shape index (κ3) is 2.63. The average molecular weight is 296 g/mol. The molecule has 0 atom stereocenters. The van der Waals surface area contributed by atoms with Gasteiger partial charge in [-0.15, -0.1) is 0 Å². The number of ether oxygens (including phenoxy) is 1. The monoisotopic (exact) mass is 296 g/mol. The molecule has 0 fully saturated rings. The summed E-state index contributed by atoms with van der Waals surface area (Å²) in [5.41, 5.74) is 10.7. The Morgan fingerprint density at radius 1 is 1.14 bits per heavy atom. The zero-order valence-electron chi connectivity index (χ0n) is 13.1. The minimum absolute atomic E-state index is 0.728. The van der Waals surface area contributed by atoms with Crippen molar-refractivity contribution in [3.8, 4) is 17.0 Å². The first-order valence-corrected chi connectivity index (χ1v) is 7.14. The van der Waals surface area contributed by atoms with Gasteiger partial charge in [-0.2, -0.15) is 0 Å². The lowest BCUT2D eigenvalue weighted by Gasteiger charge is -2.12. The van der Waals surface area contributed by atoms with E-state index in [0.29, 0.717) is 0 Å². The Morgan fingerprint density at radius 2 is 1.86 bits per heavy atom. The number of pyridine rings is 1. The predicted octanol–water partition coefficient (Wildman–Crippen LogP) is 2.65. The highest BCUT2D eigenvalue weighted by Gasteiger charge is 2.15. The fourth-order valence-electron chi connectivity index (χ4n) is 2.54. The number of methoxy groups -OCH3 is 1. The Bertz CT molecular complexity index is 790. The molecule has 22 heavy (non-hydrogen) atoms. The lowest BCUT2D eigenvalue weighted by Crippen LogP contribution is -2.13. The van der Waals surface area contributed by atoms with E-state index in [1.54, 1.807) is 7.11 Å². The maximum atomic E-state index is 5.93. The van der Waals surface area contributed by atoms with Gasteiger partial charge in [0.15, 0.2) is 0 Å². The molecule has 0 aliphatic carbocycles. The molecule has 0 amide bonds. The van der Waals surface area contributed by atoms with Gasteiger partial charge in [-0.1, -0.05) is 0 Å². The largest absolute Gasteiger partial charge is 0.497 e. The minimum atomic E-state index is 0.728. The van der Waals surface area contributed by atoms with Crippen molar-refractivity contribution in [2.24, 2.45) is 0 Å². The van der Waals surface area contributed by atoms with Crippen molar-refractivity contribution in [1.29, 1.82) is 0 Å². The molecule has 0 unspecified atom stereocenters. The molecule has 114 valence electrons. The van der Waals surface area contributed by atoms with Crippen LogP contribution in [0.5, 0.6) is 5.75 Å². The van der Waals surface area contributed by atoms with E-state index >= 15 is 0 Å². The van der Waals surface area contributed by atoms with Gasteiger partial charge in [0, 0.05) is 24.0 Å². The topological polar surface area (TPSA) is 55.8 Å². The number of nitrogens with two attached hydrogens (primary N) is 1. The maximum absolute atomic E-state index is 5.93. The van der Waals surface area contributed by atoms with Crippen LogP contribution in [0.4, 0.5) is 5.69 Å². The zero-order chi connectivity index (χ0) is 15.7. The number of rotatable bonds is 4. The summed E-state index contributed by atoms with van der Waals surface area (Å²) < 4.78 is 7.29. The van der Waals surface area contributed by atoms with E-state index in [-0.39, 0.29) is 0 Å². The molecule has 0 saturated heterocycles.